The Bertz CT molecular complexity index is 717. The number of phenols is 1. The zero-order valence-corrected chi connectivity index (χ0v) is 18.7. The van der Waals surface area contributed by atoms with Crippen LogP contribution in [0.25, 0.3) is 11.1 Å². The van der Waals surface area contributed by atoms with Gasteiger partial charge >= 0.3 is 0 Å². The summed E-state index contributed by atoms with van der Waals surface area (Å²) in [7, 11) is 0. The molecule has 1 nitrogen and oxygen atoms in total. The van der Waals surface area contributed by atoms with Crippen LogP contribution < -0.4 is 0 Å². The Morgan fingerprint density at radius 3 is 2.38 bits per heavy atom. The number of hydrogen-bond donors (Lipinski definition) is 1. The van der Waals surface area contributed by atoms with Gasteiger partial charge in [-0.3, -0.25) is 0 Å². The van der Waals surface area contributed by atoms with Crippen molar-refractivity contribution in [2.24, 2.45) is 0 Å². The lowest BCUT2D eigenvalue weighted by molar-refractivity contribution is 0.471. The zero-order valence-electron chi connectivity index (χ0n) is 14.9. The van der Waals surface area contributed by atoms with Crippen LogP contribution in [0.4, 0.5) is 0 Å². The number of benzene rings is 2. The van der Waals surface area contributed by atoms with Crippen molar-refractivity contribution in [1.29, 1.82) is 0 Å². The zero-order chi connectivity index (χ0) is 17.9. The van der Waals surface area contributed by atoms with E-state index in [-0.39, 0.29) is 5.41 Å². The summed E-state index contributed by atoms with van der Waals surface area (Å²) < 4.78 is 1.22. The van der Waals surface area contributed by atoms with Gasteiger partial charge in [-0.05, 0) is 75.7 Å². The molecule has 130 valence electrons. The lowest BCUT2D eigenvalue weighted by Crippen LogP contribution is -2.11. The molecule has 0 fully saturated rings. The van der Waals surface area contributed by atoms with Crippen LogP contribution in [0.5, 0.6) is 5.75 Å². The van der Waals surface area contributed by atoms with Gasteiger partial charge in [0.2, 0.25) is 0 Å². The Morgan fingerprint density at radius 1 is 1.08 bits per heavy atom. The maximum absolute atomic E-state index is 10.8. The maximum atomic E-state index is 10.8. The fourth-order valence-corrected chi connectivity index (χ4v) is 3.94. The number of aryl methyl sites for hydroxylation is 1. The van der Waals surface area contributed by atoms with Gasteiger partial charge in [0.25, 0.3) is 0 Å². The van der Waals surface area contributed by atoms with E-state index in [9.17, 15) is 5.11 Å². The third-order valence-electron chi connectivity index (χ3n) is 4.29. The quantitative estimate of drug-likeness (QED) is 0.340. The van der Waals surface area contributed by atoms with Gasteiger partial charge in [-0.1, -0.05) is 62.2 Å². The van der Waals surface area contributed by atoms with Gasteiger partial charge in [-0.2, -0.15) is 0 Å². The van der Waals surface area contributed by atoms with Crippen molar-refractivity contribution in [3.8, 4) is 16.9 Å². The number of rotatable bonds is 5. The van der Waals surface area contributed by atoms with E-state index in [1.165, 1.54) is 27.5 Å². The molecule has 2 rings (SSSR count). The second-order valence-electron chi connectivity index (χ2n) is 7.37. The number of hydrogen-bond acceptors (Lipinski definition) is 1. The van der Waals surface area contributed by atoms with Gasteiger partial charge in [0, 0.05) is 20.0 Å². The van der Waals surface area contributed by atoms with E-state index in [1.54, 1.807) is 0 Å². The molecule has 2 aromatic rings. The summed E-state index contributed by atoms with van der Waals surface area (Å²) in [6.45, 7) is 8.85. The van der Waals surface area contributed by atoms with Gasteiger partial charge in [0.05, 0.1) is 0 Å². The minimum Gasteiger partial charge on any atom is -0.507 e. The Morgan fingerprint density at radius 2 is 1.79 bits per heavy atom. The van der Waals surface area contributed by atoms with Crippen LogP contribution in [0.2, 0.25) is 0 Å². The largest absolute Gasteiger partial charge is 0.507 e. The topological polar surface area (TPSA) is 20.2 Å². The Labute approximate surface area is 168 Å². The van der Waals surface area contributed by atoms with Gasteiger partial charge < -0.3 is 5.11 Å². The molecule has 0 spiro atoms. The molecule has 0 atom stereocenters. The molecule has 0 aliphatic rings. The summed E-state index contributed by atoms with van der Waals surface area (Å²) in [5.74, 6) is 0.392. The normalized spacial score (nSPS) is 11.8. The van der Waals surface area contributed by atoms with Crippen LogP contribution >= 0.6 is 38.5 Å². The van der Waals surface area contributed by atoms with E-state index >= 15 is 0 Å². The SMILES string of the molecule is CCCCc1cc(I)cc(-c2cc(C(C)(C)C)cc(CBr)c2O)c1. The predicted molar refractivity (Wildman–Crippen MR) is 116 cm³/mol. The van der Waals surface area contributed by atoms with Crippen LogP contribution in [-0.2, 0) is 17.2 Å². The van der Waals surface area contributed by atoms with E-state index in [2.05, 4.69) is 96.5 Å². The molecule has 24 heavy (non-hydrogen) atoms. The van der Waals surface area contributed by atoms with E-state index in [0.717, 1.165) is 23.1 Å². The molecule has 0 saturated carbocycles. The number of unbranched alkanes of at least 4 members (excludes halogenated alkanes) is 1. The lowest BCUT2D eigenvalue weighted by atomic mass is 9.83. The van der Waals surface area contributed by atoms with Crippen molar-refractivity contribution in [2.75, 3.05) is 0 Å². The first kappa shape index (κ1) is 19.8. The molecular weight excluding hydrogens is 475 g/mol. The van der Waals surface area contributed by atoms with Gasteiger partial charge in [0.1, 0.15) is 5.75 Å². The molecule has 3 heteroatoms. The molecule has 0 bridgehead atoms. The molecule has 0 radical (unpaired) electrons. The summed E-state index contributed by atoms with van der Waals surface area (Å²) >= 11 is 5.89. The van der Waals surface area contributed by atoms with E-state index in [1.807, 2.05) is 0 Å². The van der Waals surface area contributed by atoms with Crippen molar-refractivity contribution < 1.29 is 5.11 Å². The molecule has 2 aromatic carbocycles. The van der Waals surface area contributed by atoms with Crippen molar-refractivity contribution in [3.05, 3.63) is 50.6 Å². The molecule has 0 unspecified atom stereocenters. The van der Waals surface area contributed by atoms with Crippen LogP contribution in [0.15, 0.2) is 30.3 Å². The third kappa shape index (κ3) is 4.75. The highest BCUT2D eigenvalue weighted by Crippen LogP contribution is 2.39. The Kier molecular flexibility index (Phi) is 6.77. The minimum atomic E-state index is 0.0480. The smallest absolute Gasteiger partial charge is 0.127 e. The second-order valence-corrected chi connectivity index (χ2v) is 9.17. The number of phenolic OH excluding ortho intramolecular Hbond substituents is 1. The highest BCUT2D eigenvalue weighted by molar-refractivity contribution is 14.1. The molecular formula is C21H26BrIO. The van der Waals surface area contributed by atoms with E-state index in [4.69, 9.17) is 0 Å². The maximum Gasteiger partial charge on any atom is 0.127 e. The van der Waals surface area contributed by atoms with Crippen molar-refractivity contribution in [2.45, 2.75) is 57.7 Å². The highest BCUT2D eigenvalue weighted by atomic mass is 127. The van der Waals surface area contributed by atoms with Crippen molar-refractivity contribution in [3.63, 3.8) is 0 Å². The third-order valence-corrected chi connectivity index (χ3v) is 5.51. The van der Waals surface area contributed by atoms with Crippen molar-refractivity contribution in [1.82, 2.24) is 0 Å². The Hall–Kier alpha value is -0.550. The summed E-state index contributed by atoms with van der Waals surface area (Å²) in [6.07, 6.45) is 3.48. The molecule has 0 aromatic heterocycles. The number of aromatic hydroxyl groups is 1. The van der Waals surface area contributed by atoms with Crippen LogP contribution in [0, 0.1) is 3.57 Å². The molecule has 0 saturated heterocycles. The van der Waals surface area contributed by atoms with Gasteiger partial charge in [-0.15, -0.1) is 0 Å². The summed E-state index contributed by atoms with van der Waals surface area (Å²) in [5, 5.41) is 11.4. The Balaban J connectivity index is 2.60. The van der Waals surface area contributed by atoms with E-state index < -0.39 is 0 Å². The first-order valence-corrected chi connectivity index (χ1v) is 10.7. The lowest BCUT2D eigenvalue weighted by Gasteiger charge is -2.22. The van der Waals surface area contributed by atoms with E-state index in [0.29, 0.717) is 11.1 Å². The average Bonchev–Trinajstić information content (AvgIpc) is 2.51. The average molecular weight is 501 g/mol. The van der Waals surface area contributed by atoms with Gasteiger partial charge in [-0.25, -0.2) is 0 Å². The standard InChI is InChI=1S/C21H26BrIO/c1-5-6-7-14-8-15(11-18(23)9-14)19-12-17(21(2,3)4)10-16(13-22)20(19)24/h8-12,24H,5-7,13H2,1-4H3. The molecule has 0 aliphatic carbocycles. The first-order chi connectivity index (χ1) is 11.3. The second kappa shape index (κ2) is 8.22. The van der Waals surface area contributed by atoms with Gasteiger partial charge in [0.15, 0.2) is 0 Å². The minimum absolute atomic E-state index is 0.0480. The molecule has 1 N–H and O–H groups in total. The molecule has 0 aliphatic heterocycles. The first-order valence-electron chi connectivity index (χ1n) is 8.48. The summed E-state index contributed by atoms with van der Waals surface area (Å²) in [6, 6.07) is 10.9. The fraction of sp³-hybridized carbons (Fsp3) is 0.429. The molecule has 0 heterocycles. The molecule has 0 amide bonds. The van der Waals surface area contributed by atoms with Crippen LogP contribution in [0.3, 0.4) is 0 Å². The van der Waals surface area contributed by atoms with Crippen LogP contribution in [-0.4, -0.2) is 5.11 Å². The summed E-state index contributed by atoms with van der Waals surface area (Å²) in [4.78, 5) is 0. The monoisotopic (exact) mass is 500 g/mol. The highest BCUT2D eigenvalue weighted by Gasteiger charge is 2.19. The summed E-state index contributed by atoms with van der Waals surface area (Å²) in [5.41, 5.74) is 5.64. The fourth-order valence-electron chi connectivity index (χ4n) is 2.78. The van der Waals surface area contributed by atoms with Crippen molar-refractivity contribution >= 4 is 38.5 Å². The number of alkyl halides is 1. The van der Waals surface area contributed by atoms with Crippen LogP contribution in [0.1, 0.15) is 57.2 Å². The number of halogens is 2. The predicted octanol–water partition coefficient (Wildman–Crippen LogP) is 7.20.